The highest BCUT2D eigenvalue weighted by atomic mass is 32.1. The van der Waals surface area contributed by atoms with E-state index in [1.165, 1.54) is 12.0 Å². The first-order chi connectivity index (χ1) is 7.22. The van der Waals surface area contributed by atoms with Crippen LogP contribution < -0.4 is 4.74 Å². The van der Waals surface area contributed by atoms with Crippen molar-refractivity contribution in [3.05, 3.63) is 29.8 Å². The van der Waals surface area contributed by atoms with Crippen LogP contribution in [0.25, 0.3) is 0 Å². The lowest BCUT2D eigenvalue weighted by molar-refractivity contribution is 0.282. The highest BCUT2D eigenvalue weighted by molar-refractivity contribution is 7.80. The van der Waals surface area contributed by atoms with Gasteiger partial charge in [0.15, 0.2) is 0 Å². The molecule has 0 saturated carbocycles. The highest BCUT2D eigenvalue weighted by Crippen LogP contribution is 2.14. The predicted molar refractivity (Wildman–Crippen MR) is 68.9 cm³/mol. The summed E-state index contributed by atoms with van der Waals surface area (Å²) < 4.78 is 5.68. The summed E-state index contributed by atoms with van der Waals surface area (Å²) in [6.45, 7) is 5.13. The van der Waals surface area contributed by atoms with Gasteiger partial charge in [0.1, 0.15) is 5.75 Å². The second kappa shape index (κ2) is 6.78. The number of aryl methyl sites for hydroxylation is 1. The first-order valence-electron chi connectivity index (χ1n) is 5.52. The minimum absolute atomic E-state index is 0.701. The number of benzene rings is 1. The van der Waals surface area contributed by atoms with Crippen molar-refractivity contribution >= 4 is 12.6 Å². The smallest absolute Gasteiger partial charge is 0.119 e. The van der Waals surface area contributed by atoms with E-state index in [1.807, 2.05) is 12.1 Å². The third-order valence-electron chi connectivity index (χ3n) is 2.49. The number of hydrogen-bond acceptors (Lipinski definition) is 2. The third kappa shape index (κ3) is 5.12. The molecule has 1 unspecified atom stereocenters. The average Bonchev–Trinajstić information content (AvgIpc) is 2.18. The molecule has 0 saturated heterocycles. The lowest BCUT2D eigenvalue weighted by Crippen LogP contribution is -2.04. The lowest BCUT2D eigenvalue weighted by Gasteiger charge is -2.11. The second-order valence-electron chi connectivity index (χ2n) is 4.07. The molecule has 0 aromatic heterocycles. The van der Waals surface area contributed by atoms with E-state index < -0.39 is 0 Å². The van der Waals surface area contributed by atoms with E-state index in [9.17, 15) is 0 Å². The molecule has 0 fully saturated rings. The van der Waals surface area contributed by atoms with Crippen molar-refractivity contribution < 1.29 is 4.74 Å². The Bertz CT molecular complexity index is 286. The lowest BCUT2D eigenvalue weighted by atomic mass is 10.1. The van der Waals surface area contributed by atoms with E-state index in [1.54, 1.807) is 0 Å². The van der Waals surface area contributed by atoms with Crippen LogP contribution in [0, 0.1) is 12.8 Å². The van der Waals surface area contributed by atoms with Crippen molar-refractivity contribution in [3.63, 3.8) is 0 Å². The number of ether oxygens (including phenoxy) is 1. The maximum atomic E-state index is 5.68. The molecule has 0 N–H and O–H groups in total. The summed E-state index contributed by atoms with van der Waals surface area (Å²) in [7, 11) is 0. The molecule has 0 aliphatic heterocycles. The number of rotatable bonds is 6. The predicted octanol–water partition coefficient (Wildman–Crippen LogP) is 3.72. The molecule has 0 heterocycles. The first-order valence-corrected chi connectivity index (χ1v) is 6.16. The number of hydrogen-bond donors (Lipinski definition) is 1. The molecule has 1 aromatic carbocycles. The second-order valence-corrected chi connectivity index (χ2v) is 4.52. The van der Waals surface area contributed by atoms with Gasteiger partial charge < -0.3 is 4.74 Å². The van der Waals surface area contributed by atoms with Crippen LogP contribution >= 0.6 is 12.6 Å². The van der Waals surface area contributed by atoms with E-state index >= 15 is 0 Å². The van der Waals surface area contributed by atoms with Crippen LogP contribution in [0.1, 0.15) is 25.3 Å². The third-order valence-corrected chi connectivity index (χ3v) is 2.75. The Labute approximate surface area is 98.3 Å². The fourth-order valence-electron chi connectivity index (χ4n) is 1.45. The Morgan fingerprint density at radius 2 is 2.13 bits per heavy atom. The van der Waals surface area contributed by atoms with Gasteiger partial charge in [-0.2, -0.15) is 12.6 Å². The van der Waals surface area contributed by atoms with Crippen LogP contribution in [0.5, 0.6) is 5.75 Å². The summed E-state index contributed by atoms with van der Waals surface area (Å²) in [5.41, 5.74) is 1.25. The van der Waals surface area contributed by atoms with E-state index in [4.69, 9.17) is 4.74 Å². The molecule has 0 aliphatic carbocycles. The van der Waals surface area contributed by atoms with E-state index in [0.29, 0.717) is 5.92 Å². The molecule has 0 amide bonds. The molecule has 84 valence electrons. The van der Waals surface area contributed by atoms with Crippen molar-refractivity contribution in [1.82, 2.24) is 0 Å². The van der Waals surface area contributed by atoms with Gasteiger partial charge in [-0.3, -0.25) is 0 Å². The van der Waals surface area contributed by atoms with Gasteiger partial charge in [-0.1, -0.05) is 19.1 Å². The van der Waals surface area contributed by atoms with E-state index in [-0.39, 0.29) is 0 Å². The molecule has 15 heavy (non-hydrogen) atoms. The molecule has 0 spiro atoms. The zero-order chi connectivity index (χ0) is 11.1. The Morgan fingerprint density at radius 1 is 1.33 bits per heavy atom. The maximum absolute atomic E-state index is 5.68. The van der Waals surface area contributed by atoms with Crippen molar-refractivity contribution in [2.45, 2.75) is 26.7 Å². The van der Waals surface area contributed by atoms with Crippen molar-refractivity contribution in [2.75, 3.05) is 12.4 Å². The largest absolute Gasteiger partial charge is 0.494 e. The van der Waals surface area contributed by atoms with Gasteiger partial charge >= 0.3 is 0 Å². The molecule has 2 heteroatoms. The Hall–Kier alpha value is -0.630. The van der Waals surface area contributed by atoms with Gasteiger partial charge in [0, 0.05) is 0 Å². The van der Waals surface area contributed by atoms with Crippen LogP contribution in [0.4, 0.5) is 0 Å². The summed E-state index contributed by atoms with van der Waals surface area (Å²) in [6, 6.07) is 8.19. The molecule has 1 rings (SSSR count). The average molecular weight is 224 g/mol. The van der Waals surface area contributed by atoms with Gasteiger partial charge in [0.25, 0.3) is 0 Å². The Balaban J connectivity index is 2.25. The van der Waals surface area contributed by atoms with Gasteiger partial charge in [0.05, 0.1) is 6.61 Å². The fraction of sp³-hybridized carbons (Fsp3) is 0.538. The zero-order valence-corrected chi connectivity index (χ0v) is 10.5. The normalized spacial score (nSPS) is 12.5. The zero-order valence-electron chi connectivity index (χ0n) is 9.57. The quantitative estimate of drug-likeness (QED) is 0.725. The van der Waals surface area contributed by atoms with Gasteiger partial charge in [-0.05, 0) is 49.1 Å². The van der Waals surface area contributed by atoms with Crippen LogP contribution in [0.3, 0.4) is 0 Å². The molecular formula is C13H20OS. The van der Waals surface area contributed by atoms with Crippen LogP contribution in [-0.2, 0) is 0 Å². The molecule has 0 bridgehead atoms. The summed E-state index contributed by atoms with van der Waals surface area (Å²) >= 11 is 4.22. The van der Waals surface area contributed by atoms with Gasteiger partial charge in [-0.15, -0.1) is 0 Å². The van der Waals surface area contributed by atoms with Crippen molar-refractivity contribution in [1.29, 1.82) is 0 Å². The number of thiol groups is 1. The van der Waals surface area contributed by atoms with E-state index in [2.05, 4.69) is 38.6 Å². The fourth-order valence-corrected chi connectivity index (χ4v) is 1.89. The molecule has 1 aromatic rings. The molecule has 1 nitrogen and oxygen atoms in total. The summed E-state index contributed by atoms with van der Waals surface area (Å²) in [5, 5.41) is 0. The van der Waals surface area contributed by atoms with E-state index in [0.717, 1.165) is 24.5 Å². The topological polar surface area (TPSA) is 9.23 Å². The first kappa shape index (κ1) is 12.4. The monoisotopic (exact) mass is 224 g/mol. The van der Waals surface area contributed by atoms with Crippen LogP contribution in [0.15, 0.2) is 24.3 Å². The SMILES string of the molecule is Cc1cccc(OCCC(C)CCS)c1. The maximum Gasteiger partial charge on any atom is 0.119 e. The highest BCUT2D eigenvalue weighted by Gasteiger charge is 2.01. The molecule has 0 aliphatic rings. The van der Waals surface area contributed by atoms with Crippen LogP contribution in [-0.4, -0.2) is 12.4 Å². The van der Waals surface area contributed by atoms with Gasteiger partial charge in [-0.25, -0.2) is 0 Å². The summed E-state index contributed by atoms with van der Waals surface area (Å²) in [6.07, 6.45) is 2.27. The molecule has 1 atom stereocenters. The van der Waals surface area contributed by atoms with Crippen LogP contribution in [0.2, 0.25) is 0 Å². The summed E-state index contributed by atoms with van der Waals surface area (Å²) in [4.78, 5) is 0. The Kier molecular flexibility index (Phi) is 5.62. The Morgan fingerprint density at radius 3 is 2.80 bits per heavy atom. The molecular weight excluding hydrogens is 204 g/mol. The minimum Gasteiger partial charge on any atom is -0.494 e. The molecule has 0 radical (unpaired) electrons. The van der Waals surface area contributed by atoms with Gasteiger partial charge in [0.2, 0.25) is 0 Å². The van der Waals surface area contributed by atoms with Crippen molar-refractivity contribution in [2.24, 2.45) is 5.92 Å². The standard InChI is InChI=1S/C13H20OS/c1-11(7-9-15)6-8-14-13-5-3-4-12(2)10-13/h3-5,10-11,15H,6-9H2,1-2H3. The van der Waals surface area contributed by atoms with Crippen molar-refractivity contribution in [3.8, 4) is 5.75 Å². The summed E-state index contributed by atoms with van der Waals surface area (Å²) in [5.74, 6) is 2.64. The minimum atomic E-state index is 0.701.